The summed E-state index contributed by atoms with van der Waals surface area (Å²) in [6, 6.07) is 8.19. The van der Waals surface area contributed by atoms with E-state index in [0.717, 1.165) is 30.0 Å². The lowest BCUT2D eigenvalue weighted by molar-refractivity contribution is 0.340. The molecule has 0 radical (unpaired) electrons. The van der Waals surface area contributed by atoms with Crippen molar-refractivity contribution in [1.82, 2.24) is 15.5 Å². The van der Waals surface area contributed by atoms with E-state index in [4.69, 9.17) is 9.26 Å². The highest BCUT2D eigenvalue weighted by Gasteiger charge is 2.17. The Morgan fingerprint density at radius 3 is 3.24 bits per heavy atom. The molecule has 2 heterocycles. The highest BCUT2D eigenvalue weighted by molar-refractivity contribution is 7.99. The molecule has 1 N–H and O–H groups in total. The van der Waals surface area contributed by atoms with Gasteiger partial charge in [0.1, 0.15) is 5.75 Å². The van der Waals surface area contributed by atoms with Crippen molar-refractivity contribution < 1.29 is 9.26 Å². The molecule has 0 amide bonds. The number of nitrogens with one attached hydrogen (secondary N) is 1. The third kappa shape index (κ3) is 3.77. The van der Waals surface area contributed by atoms with E-state index < -0.39 is 0 Å². The van der Waals surface area contributed by atoms with Crippen molar-refractivity contribution in [2.75, 3.05) is 24.7 Å². The molecule has 1 fully saturated rings. The van der Waals surface area contributed by atoms with Crippen molar-refractivity contribution in [3.05, 3.63) is 30.2 Å². The SMILES string of the molecule is CCOc1cccc(-c2noc(CC3CSCCN3)n2)c1. The first-order valence-electron chi connectivity index (χ1n) is 7.22. The van der Waals surface area contributed by atoms with E-state index in [-0.39, 0.29) is 0 Å². The average molecular weight is 305 g/mol. The molecule has 112 valence electrons. The Morgan fingerprint density at radius 1 is 1.48 bits per heavy atom. The molecule has 5 nitrogen and oxygen atoms in total. The van der Waals surface area contributed by atoms with E-state index in [0.29, 0.717) is 24.4 Å². The molecule has 1 unspecified atom stereocenters. The molecule has 2 aromatic rings. The molecule has 1 atom stereocenters. The second-order valence-corrected chi connectivity index (χ2v) is 6.05. The van der Waals surface area contributed by atoms with Gasteiger partial charge in [-0.05, 0) is 19.1 Å². The molecule has 0 aliphatic carbocycles. The Bertz CT molecular complexity index is 582. The van der Waals surface area contributed by atoms with Crippen LogP contribution in [-0.2, 0) is 6.42 Å². The Labute approximate surface area is 128 Å². The van der Waals surface area contributed by atoms with E-state index >= 15 is 0 Å². The Morgan fingerprint density at radius 2 is 2.43 bits per heavy atom. The van der Waals surface area contributed by atoms with E-state index in [1.54, 1.807) is 0 Å². The summed E-state index contributed by atoms with van der Waals surface area (Å²) >= 11 is 1.96. The lowest BCUT2D eigenvalue weighted by Crippen LogP contribution is -2.38. The first-order chi connectivity index (χ1) is 10.3. The molecule has 3 rings (SSSR count). The predicted octanol–water partition coefficient (Wildman–Crippen LogP) is 2.38. The van der Waals surface area contributed by atoms with Crippen LogP contribution in [0.4, 0.5) is 0 Å². The van der Waals surface area contributed by atoms with Crippen molar-refractivity contribution in [2.24, 2.45) is 0 Å². The van der Waals surface area contributed by atoms with Gasteiger partial charge in [0.2, 0.25) is 11.7 Å². The van der Waals surface area contributed by atoms with Gasteiger partial charge in [-0.25, -0.2) is 0 Å². The Balaban J connectivity index is 1.70. The van der Waals surface area contributed by atoms with Crippen molar-refractivity contribution >= 4 is 11.8 Å². The summed E-state index contributed by atoms with van der Waals surface area (Å²) in [7, 11) is 0. The van der Waals surface area contributed by atoms with Gasteiger partial charge in [-0.1, -0.05) is 17.3 Å². The number of nitrogens with zero attached hydrogens (tertiary/aromatic N) is 2. The Hall–Kier alpha value is -1.53. The molecule has 1 aromatic heterocycles. The molecular weight excluding hydrogens is 286 g/mol. The van der Waals surface area contributed by atoms with Gasteiger partial charge in [-0.3, -0.25) is 0 Å². The maximum atomic E-state index is 5.50. The van der Waals surface area contributed by atoms with Gasteiger partial charge in [0.05, 0.1) is 6.61 Å². The van der Waals surface area contributed by atoms with Crippen LogP contribution in [0.3, 0.4) is 0 Å². The fourth-order valence-electron chi connectivity index (χ4n) is 2.31. The molecule has 6 heteroatoms. The van der Waals surface area contributed by atoms with Gasteiger partial charge in [0, 0.05) is 36.1 Å². The zero-order valence-corrected chi connectivity index (χ0v) is 12.9. The van der Waals surface area contributed by atoms with E-state index in [9.17, 15) is 0 Å². The van der Waals surface area contributed by atoms with Gasteiger partial charge >= 0.3 is 0 Å². The lowest BCUT2D eigenvalue weighted by Gasteiger charge is -2.21. The zero-order chi connectivity index (χ0) is 14.5. The molecular formula is C15H19N3O2S. The monoisotopic (exact) mass is 305 g/mol. The van der Waals surface area contributed by atoms with Gasteiger partial charge in [-0.2, -0.15) is 16.7 Å². The van der Waals surface area contributed by atoms with Gasteiger partial charge in [0.25, 0.3) is 0 Å². The second-order valence-electron chi connectivity index (χ2n) is 4.90. The second kappa shape index (κ2) is 6.95. The molecule has 0 bridgehead atoms. The molecule has 0 spiro atoms. The third-order valence-electron chi connectivity index (χ3n) is 3.29. The van der Waals surface area contributed by atoms with Crippen LogP contribution >= 0.6 is 11.8 Å². The number of aromatic nitrogens is 2. The van der Waals surface area contributed by atoms with E-state index in [1.807, 2.05) is 43.0 Å². The summed E-state index contributed by atoms with van der Waals surface area (Å²) in [5.41, 5.74) is 0.918. The fourth-order valence-corrected chi connectivity index (χ4v) is 3.26. The maximum Gasteiger partial charge on any atom is 0.228 e. The minimum absolute atomic E-state index is 0.423. The topological polar surface area (TPSA) is 60.2 Å². The van der Waals surface area contributed by atoms with Crippen molar-refractivity contribution in [3.8, 4) is 17.1 Å². The van der Waals surface area contributed by atoms with Crippen LogP contribution in [-0.4, -0.2) is 40.8 Å². The Kier molecular flexibility index (Phi) is 4.77. The maximum absolute atomic E-state index is 5.50. The van der Waals surface area contributed by atoms with Gasteiger partial charge in [-0.15, -0.1) is 0 Å². The van der Waals surface area contributed by atoms with E-state index in [1.165, 1.54) is 5.75 Å². The molecule has 1 aliphatic rings. The summed E-state index contributed by atoms with van der Waals surface area (Å²) in [5.74, 6) is 4.40. The molecule has 0 saturated carbocycles. The smallest absolute Gasteiger partial charge is 0.228 e. The van der Waals surface area contributed by atoms with Crippen LogP contribution in [0.5, 0.6) is 5.75 Å². The quantitative estimate of drug-likeness (QED) is 0.915. The largest absolute Gasteiger partial charge is 0.494 e. The van der Waals surface area contributed by atoms with Gasteiger partial charge < -0.3 is 14.6 Å². The number of rotatable bonds is 5. The summed E-state index contributed by atoms with van der Waals surface area (Å²) in [6.07, 6.45) is 0.783. The van der Waals surface area contributed by atoms with Crippen LogP contribution in [0.2, 0.25) is 0 Å². The fraction of sp³-hybridized carbons (Fsp3) is 0.467. The van der Waals surface area contributed by atoms with Crippen LogP contribution in [0, 0.1) is 0 Å². The number of ether oxygens (including phenoxy) is 1. The first-order valence-corrected chi connectivity index (χ1v) is 8.37. The lowest BCUT2D eigenvalue weighted by atomic mass is 10.2. The molecule has 1 aliphatic heterocycles. The van der Waals surface area contributed by atoms with Gasteiger partial charge in [0.15, 0.2) is 0 Å². The first kappa shape index (κ1) is 14.4. The third-order valence-corrected chi connectivity index (χ3v) is 4.42. The normalized spacial score (nSPS) is 18.6. The minimum atomic E-state index is 0.423. The van der Waals surface area contributed by atoms with Crippen molar-refractivity contribution in [1.29, 1.82) is 0 Å². The highest BCUT2D eigenvalue weighted by Crippen LogP contribution is 2.22. The summed E-state index contributed by atoms with van der Waals surface area (Å²) < 4.78 is 10.9. The summed E-state index contributed by atoms with van der Waals surface area (Å²) in [6.45, 7) is 3.66. The van der Waals surface area contributed by atoms with Crippen LogP contribution < -0.4 is 10.1 Å². The minimum Gasteiger partial charge on any atom is -0.494 e. The van der Waals surface area contributed by atoms with E-state index in [2.05, 4.69) is 15.5 Å². The number of thioether (sulfide) groups is 1. The zero-order valence-electron chi connectivity index (χ0n) is 12.0. The molecule has 21 heavy (non-hydrogen) atoms. The number of hydrogen-bond donors (Lipinski definition) is 1. The number of benzene rings is 1. The molecule has 1 saturated heterocycles. The van der Waals surface area contributed by atoms with Crippen molar-refractivity contribution in [3.63, 3.8) is 0 Å². The van der Waals surface area contributed by atoms with Crippen LogP contribution in [0.15, 0.2) is 28.8 Å². The van der Waals surface area contributed by atoms with Crippen molar-refractivity contribution in [2.45, 2.75) is 19.4 Å². The summed E-state index contributed by atoms with van der Waals surface area (Å²) in [4.78, 5) is 4.49. The molecule has 1 aromatic carbocycles. The predicted molar refractivity (Wildman–Crippen MR) is 83.7 cm³/mol. The number of hydrogen-bond acceptors (Lipinski definition) is 6. The summed E-state index contributed by atoms with van der Waals surface area (Å²) in [5, 5.41) is 7.55. The standard InChI is InChI=1S/C15H19N3O2S/c1-2-19-13-5-3-4-11(8-13)15-17-14(20-18-15)9-12-10-21-7-6-16-12/h3-5,8,12,16H,2,6-7,9-10H2,1H3. The average Bonchev–Trinajstić information content (AvgIpc) is 2.97. The highest BCUT2D eigenvalue weighted by atomic mass is 32.2. The van der Waals surface area contributed by atoms with Crippen LogP contribution in [0.1, 0.15) is 12.8 Å². The van der Waals surface area contributed by atoms with Crippen LogP contribution in [0.25, 0.3) is 11.4 Å².